The Morgan fingerprint density at radius 1 is 1.45 bits per heavy atom. The van der Waals surface area contributed by atoms with Crippen molar-refractivity contribution in [3.63, 3.8) is 0 Å². The maximum Gasteiger partial charge on any atom is 0.339 e. The molecule has 2 aromatic rings. The maximum atomic E-state index is 12.0. The highest BCUT2D eigenvalue weighted by molar-refractivity contribution is 7.17. The van der Waals surface area contributed by atoms with Crippen molar-refractivity contribution in [2.75, 3.05) is 18.5 Å². The van der Waals surface area contributed by atoms with Crippen LogP contribution in [0.1, 0.15) is 37.6 Å². The minimum atomic E-state index is -0.319. The number of hydrogen-bond donors (Lipinski definition) is 1. The van der Waals surface area contributed by atoms with Gasteiger partial charge in [-0.3, -0.25) is 0 Å². The van der Waals surface area contributed by atoms with E-state index in [1.165, 1.54) is 17.7 Å². The summed E-state index contributed by atoms with van der Waals surface area (Å²) in [7, 11) is 0. The number of nitrogens with zero attached hydrogens (tertiary/aromatic N) is 2. The third kappa shape index (κ3) is 3.25. The van der Waals surface area contributed by atoms with Crippen molar-refractivity contribution in [3.05, 3.63) is 17.3 Å². The summed E-state index contributed by atoms with van der Waals surface area (Å²) in [5, 5.41) is 5.84. The number of fused-ring (bicyclic) bond motifs is 1. The molecule has 0 spiro atoms. The third-order valence-corrected chi connectivity index (χ3v) is 3.77. The van der Waals surface area contributed by atoms with Crippen molar-refractivity contribution >= 4 is 33.3 Å². The fourth-order valence-corrected chi connectivity index (χ4v) is 2.72. The molecule has 2 aromatic heterocycles. The Morgan fingerprint density at radius 3 is 2.95 bits per heavy atom. The second-order valence-corrected chi connectivity index (χ2v) is 5.74. The van der Waals surface area contributed by atoms with Gasteiger partial charge in [-0.25, -0.2) is 14.8 Å². The van der Waals surface area contributed by atoms with E-state index in [0.29, 0.717) is 23.9 Å². The van der Waals surface area contributed by atoms with Gasteiger partial charge in [0.05, 0.1) is 17.6 Å². The van der Waals surface area contributed by atoms with Crippen LogP contribution >= 0.6 is 11.3 Å². The van der Waals surface area contributed by atoms with Crippen LogP contribution in [0.15, 0.2) is 11.7 Å². The first-order valence-corrected chi connectivity index (χ1v) is 7.64. The molecule has 0 aromatic carbocycles. The largest absolute Gasteiger partial charge is 0.462 e. The summed E-state index contributed by atoms with van der Waals surface area (Å²) in [6, 6.07) is 0. The Hall–Kier alpha value is -1.69. The lowest BCUT2D eigenvalue weighted by Crippen LogP contribution is -2.09. The average molecular weight is 293 g/mol. The van der Waals surface area contributed by atoms with Crippen LogP contribution in [-0.4, -0.2) is 29.1 Å². The van der Waals surface area contributed by atoms with E-state index in [4.69, 9.17) is 4.74 Å². The normalized spacial score (nSPS) is 11.0. The molecule has 6 heteroatoms. The van der Waals surface area contributed by atoms with Crippen molar-refractivity contribution in [1.82, 2.24) is 9.97 Å². The summed E-state index contributed by atoms with van der Waals surface area (Å²) in [5.74, 6) is 1.01. The van der Waals surface area contributed by atoms with Gasteiger partial charge in [-0.05, 0) is 19.3 Å². The number of ether oxygens (including phenoxy) is 1. The molecule has 0 amide bonds. The predicted molar refractivity (Wildman–Crippen MR) is 81.3 cm³/mol. The first-order chi connectivity index (χ1) is 9.63. The van der Waals surface area contributed by atoms with Crippen LogP contribution in [0.2, 0.25) is 0 Å². The summed E-state index contributed by atoms with van der Waals surface area (Å²) >= 11 is 1.43. The van der Waals surface area contributed by atoms with Crippen LogP contribution in [0, 0.1) is 5.92 Å². The summed E-state index contributed by atoms with van der Waals surface area (Å²) in [4.78, 5) is 21.2. The van der Waals surface area contributed by atoms with Crippen LogP contribution in [0.5, 0.6) is 0 Å². The lowest BCUT2D eigenvalue weighted by molar-refractivity contribution is 0.0529. The second kappa shape index (κ2) is 6.65. The molecular weight excluding hydrogens is 274 g/mol. The molecule has 2 rings (SSSR count). The molecule has 0 saturated heterocycles. The number of carbonyl (C=O) groups is 1. The van der Waals surface area contributed by atoms with Crippen LogP contribution in [0.3, 0.4) is 0 Å². The Morgan fingerprint density at radius 2 is 2.25 bits per heavy atom. The standard InChI is InChI=1S/C14H19N3O2S/c1-4-19-14(18)10-7-20-13-11(10)12(16-8-17-13)15-6-5-9(2)3/h7-9H,4-6H2,1-3H3,(H,15,16,17). The van der Waals surface area contributed by atoms with Gasteiger partial charge >= 0.3 is 5.97 Å². The van der Waals surface area contributed by atoms with Gasteiger partial charge in [-0.2, -0.15) is 0 Å². The molecule has 0 bridgehead atoms. The molecule has 0 saturated carbocycles. The lowest BCUT2D eigenvalue weighted by atomic mass is 10.1. The van der Waals surface area contributed by atoms with Gasteiger partial charge in [0.1, 0.15) is 17.0 Å². The number of carbonyl (C=O) groups excluding carboxylic acids is 1. The molecule has 108 valence electrons. The number of anilines is 1. The predicted octanol–water partition coefficient (Wildman–Crippen LogP) is 3.33. The first-order valence-electron chi connectivity index (χ1n) is 6.76. The number of hydrogen-bond acceptors (Lipinski definition) is 6. The van der Waals surface area contributed by atoms with E-state index in [1.54, 1.807) is 12.3 Å². The molecule has 1 N–H and O–H groups in total. The quantitative estimate of drug-likeness (QED) is 0.828. The van der Waals surface area contributed by atoms with E-state index in [0.717, 1.165) is 23.2 Å². The number of rotatable bonds is 6. The summed E-state index contributed by atoms with van der Waals surface area (Å²) in [6.45, 7) is 7.32. The highest BCUT2D eigenvalue weighted by Gasteiger charge is 2.17. The van der Waals surface area contributed by atoms with E-state index >= 15 is 0 Å². The minimum Gasteiger partial charge on any atom is -0.462 e. The van der Waals surface area contributed by atoms with Gasteiger partial charge in [0.2, 0.25) is 0 Å². The summed E-state index contributed by atoms with van der Waals surface area (Å²) in [5.41, 5.74) is 0.541. The van der Waals surface area contributed by atoms with Crippen molar-refractivity contribution in [2.45, 2.75) is 27.2 Å². The van der Waals surface area contributed by atoms with Gasteiger partial charge in [0.25, 0.3) is 0 Å². The van der Waals surface area contributed by atoms with Gasteiger partial charge in [-0.1, -0.05) is 13.8 Å². The summed E-state index contributed by atoms with van der Waals surface area (Å²) < 4.78 is 5.08. The fraction of sp³-hybridized carbons (Fsp3) is 0.500. The van der Waals surface area contributed by atoms with Crippen LogP contribution < -0.4 is 5.32 Å². The van der Waals surface area contributed by atoms with Crippen LogP contribution in [0.25, 0.3) is 10.2 Å². The Balaban J connectivity index is 2.29. The van der Waals surface area contributed by atoms with Gasteiger partial charge < -0.3 is 10.1 Å². The highest BCUT2D eigenvalue weighted by atomic mass is 32.1. The molecule has 0 aliphatic heterocycles. The lowest BCUT2D eigenvalue weighted by Gasteiger charge is -2.09. The molecule has 5 nitrogen and oxygen atoms in total. The highest BCUT2D eigenvalue weighted by Crippen LogP contribution is 2.29. The molecule has 20 heavy (non-hydrogen) atoms. The topological polar surface area (TPSA) is 64.1 Å². The smallest absolute Gasteiger partial charge is 0.339 e. The third-order valence-electron chi connectivity index (χ3n) is 2.88. The van der Waals surface area contributed by atoms with E-state index in [1.807, 2.05) is 0 Å². The van der Waals surface area contributed by atoms with E-state index in [2.05, 4.69) is 29.1 Å². The number of nitrogens with one attached hydrogen (secondary N) is 1. The van der Waals surface area contributed by atoms with Crippen LogP contribution in [0.4, 0.5) is 5.82 Å². The summed E-state index contributed by atoms with van der Waals surface area (Å²) in [6.07, 6.45) is 2.57. The molecular formula is C14H19N3O2S. The molecule has 0 fully saturated rings. The molecule has 0 unspecified atom stereocenters. The van der Waals surface area contributed by atoms with E-state index in [9.17, 15) is 4.79 Å². The van der Waals surface area contributed by atoms with Crippen molar-refractivity contribution < 1.29 is 9.53 Å². The maximum absolute atomic E-state index is 12.0. The zero-order chi connectivity index (χ0) is 14.5. The zero-order valence-corrected chi connectivity index (χ0v) is 12.8. The fourth-order valence-electron chi connectivity index (χ4n) is 1.85. The zero-order valence-electron chi connectivity index (χ0n) is 12.0. The Bertz CT molecular complexity index is 595. The molecule has 0 atom stereocenters. The molecule has 2 heterocycles. The van der Waals surface area contributed by atoms with Crippen molar-refractivity contribution in [3.8, 4) is 0 Å². The van der Waals surface area contributed by atoms with Crippen molar-refractivity contribution in [2.24, 2.45) is 5.92 Å². The number of aromatic nitrogens is 2. The Labute approximate surface area is 122 Å². The Kier molecular flexibility index (Phi) is 4.89. The second-order valence-electron chi connectivity index (χ2n) is 4.88. The number of esters is 1. The van der Waals surface area contributed by atoms with Gasteiger partial charge in [-0.15, -0.1) is 11.3 Å². The monoisotopic (exact) mass is 293 g/mol. The number of thiophene rings is 1. The van der Waals surface area contributed by atoms with E-state index in [-0.39, 0.29) is 5.97 Å². The minimum absolute atomic E-state index is 0.319. The van der Waals surface area contributed by atoms with Crippen LogP contribution in [-0.2, 0) is 4.74 Å². The molecule has 0 aliphatic carbocycles. The molecule has 0 aliphatic rings. The SMILES string of the molecule is CCOC(=O)c1csc2ncnc(NCCC(C)C)c12. The average Bonchev–Trinajstić information content (AvgIpc) is 2.83. The van der Waals surface area contributed by atoms with E-state index < -0.39 is 0 Å². The van der Waals surface area contributed by atoms with Crippen molar-refractivity contribution in [1.29, 1.82) is 0 Å². The van der Waals surface area contributed by atoms with Gasteiger partial charge in [0.15, 0.2) is 0 Å². The first kappa shape index (κ1) is 14.7. The molecule has 0 radical (unpaired) electrons. The van der Waals surface area contributed by atoms with Gasteiger partial charge in [0, 0.05) is 11.9 Å².